The van der Waals surface area contributed by atoms with Gasteiger partial charge in [-0.3, -0.25) is 9.59 Å². The van der Waals surface area contributed by atoms with Gasteiger partial charge >= 0.3 is 0 Å². The zero-order valence-corrected chi connectivity index (χ0v) is 15.4. The van der Waals surface area contributed by atoms with Crippen molar-refractivity contribution in [2.75, 3.05) is 23.9 Å². The standard InChI is InChI=1S/C15H17ClN2O4S2/c1-18(10-4-5-24(21,22)8-10)14(19)7-13-15(20)17-11-6-9(16)2-3-12(11)23-13/h2-3,6,10,13H,4-5,7-8H2,1H3,(H,17,20)/t10-,13+/m1/s1. The summed E-state index contributed by atoms with van der Waals surface area (Å²) in [6, 6.07) is 4.92. The molecule has 6 nitrogen and oxygen atoms in total. The van der Waals surface area contributed by atoms with E-state index in [4.69, 9.17) is 11.6 Å². The lowest BCUT2D eigenvalue weighted by molar-refractivity contribution is -0.132. The minimum absolute atomic E-state index is 0.000574. The Hall–Kier alpha value is -1.25. The third-order valence-corrected chi connectivity index (χ3v) is 7.53. The topological polar surface area (TPSA) is 83.6 Å². The second kappa shape index (κ2) is 6.57. The molecule has 2 amide bonds. The van der Waals surface area contributed by atoms with Gasteiger partial charge in [0.05, 0.1) is 22.4 Å². The fraction of sp³-hybridized carbons (Fsp3) is 0.467. The van der Waals surface area contributed by atoms with E-state index in [1.54, 1.807) is 19.2 Å². The van der Waals surface area contributed by atoms with Gasteiger partial charge in [0.15, 0.2) is 9.84 Å². The van der Waals surface area contributed by atoms with Crippen LogP contribution in [0.25, 0.3) is 0 Å². The molecule has 130 valence electrons. The van der Waals surface area contributed by atoms with Crippen molar-refractivity contribution in [1.82, 2.24) is 4.90 Å². The lowest BCUT2D eigenvalue weighted by Gasteiger charge is -2.28. The first kappa shape index (κ1) is 17.6. The minimum atomic E-state index is -3.05. The van der Waals surface area contributed by atoms with Gasteiger partial charge in [0.25, 0.3) is 0 Å². The van der Waals surface area contributed by atoms with Crippen LogP contribution in [0.5, 0.6) is 0 Å². The molecule has 0 saturated carbocycles. The van der Waals surface area contributed by atoms with Gasteiger partial charge in [-0.15, -0.1) is 11.8 Å². The number of benzene rings is 1. The number of anilines is 1. The van der Waals surface area contributed by atoms with Crippen LogP contribution in [0, 0.1) is 0 Å². The molecule has 0 aliphatic carbocycles. The number of hydrogen-bond donors (Lipinski definition) is 1. The molecule has 2 heterocycles. The normalized spacial score (nSPS) is 25.0. The Kier molecular flexibility index (Phi) is 4.81. The van der Waals surface area contributed by atoms with Crippen LogP contribution in [0.2, 0.25) is 5.02 Å². The maximum Gasteiger partial charge on any atom is 0.238 e. The van der Waals surface area contributed by atoms with Crippen LogP contribution in [0.4, 0.5) is 5.69 Å². The second-order valence-electron chi connectivity index (χ2n) is 6.00. The summed E-state index contributed by atoms with van der Waals surface area (Å²) in [7, 11) is -1.45. The monoisotopic (exact) mass is 388 g/mol. The first-order valence-electron chi connectivity index (χ1n) is 7.48. The van der Waals surface area contributed by atoms with Crippen molar-refractivity contribution in [2.45, 2.75) is 29.0 Å². The average molecular weight is 389 g/mol. The SMILES string of the molecule is CN(C(=O)C[C@@H]1Sc2ccc(Cl)cc2NC1=O)[C@@H]1CCS(=O)(=O)C1. The molecule has 2 aliphatic rings. The van der Waals surface area contributed by atoms with E-state index in [9.17, 15) is 18.0 Å². The molecule has 1 N–H and O–H groups in total. The zero-order valence-electron chi connectivity index (χ0n) is 13.0. The highest BCUT2D eigenvalue weighted by molar-refractivity contribution is 8.01. The van der Waals surface area contributed by atoms with Gasteiger partial charge in [0, 0.05) is 29.4 Å². The fourth-order valence-corrected chi connectivity index (χ4v) is 5.87. The van der Waals surface area contributed by atoms with E-state index in [1.165, 1.54) is 16.7 Å². The van der Waals surface area contributed by atoms with Crippen molar-refractivity contribution in [2.24, 2.45) is 0 Å². The van der Waals surface area contributed by atoms with Crippen molar-refractivity contribution < 1.29 is 18.0 Å². The lowest BCUT2D eigenvalue weighted by atomic mass is 10.2. The van der Waals surface area contributed by atoms with E-state index < -0.39 is 15.1 Å². The molecule has 1 fully saturated rings. The minimum Gasteiger partial charge on any atom is -0.342 e. The van der Waals surface area contributed by atoms with E-state index >= 15 is 0 Å². The van der Waals surface area contributed by atoms with Crippen LogP contribution in [-0.4, -0.2) is 55.0 Å². The second-order valence-corrected chi connectivity index (χ2v) is 9.91. The van der Waals surface area contributed by atoms with E-state index in [1.807, 2.05) is 6.07 Å². The van der Waals surface area contributed by atoms with Crippen LogP contribution < -0.4 is 5.32 Å². The first-order chi connectivity index (χ1) is 11.2. The molecule has 1 saturated heterocycles. The summed E-state index contributed by atoms with van der Waals surface area (Å²) in [5.41, 5.74) is 0.649. The Morgan fingerprint density at radius 1 is 1.46 bits per heavy atom. The van der Waals surface area contributed by atoms with E-state index in [2.05, 4.69) is 5.32 Å². The Morgan fingerprint density at radius 3 is 2.88 bits per heavy atom. The third-order valence-electron chi connectivity index (χ3n) is 4.27. The number of fused-ring (bicyclic) bond motifs is 1. The smallest absolute Gasteiger partial charge is 0.238 e. The predicted octanol–water partition coefficient (Wildman–Crippen LogP) is 1.79. The molecule has 0 bridgehead atoms. The summed E-state index contributed by atoms with van der Waals surface area (Å²) < 4.78 is 23.1. The van der Waals surface area contributed by atoms with E-state index in [0.717, 1.165) is 4.90 Å². The number of carbonyl (C=O) groups excluding carboxylic acids is 2. The maximum atomic E-state index is 12.4. The molecular weight excluding hydrogens is 372 g/mol. The number of halogens is 1. The summed E-state index contributed by atoms with van der Waals surface area (Å²) >= 11 is 7.24. The van der Waals surface area contributed by atoms with Gasteiger partial charge in [-0.25, -0.2) is 8.42 Å². The molecule has 2 aliphatic heterocycles. The highest BCUT2D eigenvalue weighted by atomic mass is 35.5. The average Bonchev–Trinajstić information content (AvgIpc) is 2.87. The number of carbonyl (C=O) groups is 2. The number of sulfone groups is 1. The van der Waals surface area contributed by atoms with Crippen LogP contribution in [-0.2, 0) is 19.4 Å². The molecule has 2 atom stereocenters. The van der Waals surface area contributed by atoms with E-state index in [-0.39, 0.29) is 35.8 Å². The van der Waals surface area contributed by atoms with E-state index in [0.29, 0.717) is 17.1 Å². The quantitative estimate of drug-likeness (QED) is 0.853. The fourth-order valence-electron chi connectivity index (χ4n) is 2.84. The Bertz CT molecular complexity index is 797. The molecular formula is C15H17ClN2O4S2. The molecule has 0 spiro atoms. The Balaban J connectivity index is 1.66. The number of hydrogen-bond acceptors (Lipinski definition) is 5. The number of thioether (sulfide) groups is 1. The Labute approximate surface area is 149 Å². The van der Waals surface area contributed by atoms with Crippen molar-refractivity contribution in [3.05, 3.63) is 23.2 Å². The molecule has 0 radical (unpaired) electrons. The van der Waals surface area contributed by atoms with Gasteiger partial charge in [-0.2, -0.15) is 0 Å². The summed E-state index contributed by atoms with van der Waals surface area (Å²) in [5, 5.41) is 2.77. The highest BCUT2D eigenvalue weighted by Crippen LogP contribution is 2.38. The third kappa shape index (κ3) is 3.70. The lowest BCUT2D eigenvalue weighted by Crippen LogP contribution is -2.41. The number of rotatable bonds is 3. The van der Waals surface area contributed by atoms with Crippen LogP contribution in [0.15, 0.2) is 23.1 Å². The van der Waals surface area contributed by atoms with Crippen molar-refractivity contribution in [1.29, 1.82) is 0 Å². The highest BCUT2D eigenvalue weighted by Gasteiger charge is 2.35. The van der Waals surface area contributed by atoms with Crippen LogP contribution in [0.3, 0.4) is 0 Å². The van der Waals surface area contributed by atoms with Crippen molar-refractivity contribution >= 4 is 50.7 Å². The predicted molar refractivity (Wildman–Crippen MR) is 94.2 cm³/mol. The number of amides is 2. The van der Waals surface area contributed by atoms with Crippen LogP contribution in [0.1, 0.15) is 12.8 Å². The maximum absolute atomic E-state index is 12.4. The molecule has 3 rings (SSSR count). The Morgan fingerprint density at radius 2 is 2.21 bits per heavy atom. The zero-order chi connectivity index (χ0) is 17.5. The molecule has 1 aromatic carbocycles. The number of nitrogens with one attached hydrogen (secondary N) is 1. The summed E-state index contributed by atoms with van der Waals surface area (Å²) in [6.07, 6.45) is 0.488. The molecule has 0 unspecified atom stereocenters. The number of nitrogens with zero attached hydrogens (tertiary/aromatic N) is 1. The van der Waals surface area contributed by atoms with Crippen LogP contribution >= 0.6 is 23.4 Å². The van der Waals surface area contributed by atoms with Gasteiger partial charge in [-0.05, 0) is 24.6 Å². The van der Waals surface area contributed by atoms with Gasteiger partial charge in [-0.1, -0.05) is 11.6 Å². The van der Waals surface area contributed by atoms with Gasteiger partial charge < -0.3 is 10.2 Å². The molecule has 24 heavy (non-hydrogen) atoms. The van der Waals surface area contributed by atoms with Gasteiger partial charge in [0.2, 0.25) is 11.8 Å². The summed E-state index contributed by atoms with van der Waals surface area (Å²) in [5.74, 6) is -0.347. The summed E-state index contributed by atoms with van der Waals surface area (Å²) in [4.78, 5) is 27.0. The first-order valence-corrected chi connectivity index (χ1v) is 10.6. The molecule has 9 heteroatoms. The van der Waals surface area contributed by atoms with Crippen molar-refractivity contribution in [3.63, 3.8) is 0 Å². The van der Waals surface area contributed by atoms with Gasteiger partial charge in [0.1, 0.15) is 0 Å². The summed E-state index contributed by atoms with van der Waals surface area (Å²) in [6.45, 7) is 0. The molecule has 1 aromatic rings. The molecule has 0 aromatic heterocycles. The van der Waals surface area contributed by atoms with Crippen molar-refractivity contribution in [3.8, 4) is 0 Å². The largest absolute Gasteiger partial charge is 0.342 e.